The maximum Gasteiger partial charge on any atom is 0.257 e. The van der Waals surface area contributed by atoms with Gasteiger partial charge < -0.3 is 5.32 Å². The predicted octanol–water partition coefficient (Wildman–Crippen LogP) is 3.87. The minimum Gasteiger partial charge on any atom is -0.325 e. The van der Waals surface area contributed by atoms with E-state index < -0.39 is 0 Å². The van der Waals surface area contributed by atoms with E-state index in [-0.39, 0.29) is 11.2 Å². The maximum absolute atomic E-state index is 12.3. The number of carbonyl (C=O) groups is 1. The van der Waals surface area contributed by atoms with Crippen molar-refractivity contribution in [2.45, 2.75) is 31.0 Å². The van der Waals surface area contributed by atoms with Crippen LogP contribution in [-0.2, 0) is 4.79 Å². The molecule has 23 heavy (non-hydrogen) atoms. The fourth-order valence-corrected chi connectivity index (χ4v) is 3.42. The number of anilines is 1. The highest BCUT2D eigenvalue weighted by Crippen LogP contribution is 2.26. The first-order chi connectivity index (χ1) is 10.9. The summed E-state index contributed by atoms with van der Waals surface area (Å²) in [6, 6.07) is 11.5. The van der Waals surface area contributed by atoms with Gasteiger partial charge in [-0.15, -0.1) is 0 Å². The number of H-pyrrole nitrogens is 1. The first kappa shape index (κ1) is 17.5. The van der Waals surface area contributed by atoms with E-state index in [0.29, 0.717) is 5.56 Å². The number of hydrogen-bond donors (Lipinski definition) is 1. The molecule has 1 unspecified atom stereocenters. The van der Waals surface area contributed by atoms with Crippen molar-refractivity contribution in [1.29, 1.82) is 5.26 Å². The Bertz CT molecular complexity index is 769. The number of aromatic amines is 1. The predicted molar refractivity (Wildman–Crippen MR) is 95.3 cm³/mol. The number of amides is 1. The van der Waals surface area contributed by atoms with Gasteiger partial charge in [-0.1, -0.05) is 15.9 Å². The summed E-state index contributed by atoms with van der Waals surface area (Å²) in [6.07, 6.45) is 0. The van der Waals surface area contributed by atoms with Gasteiger partial charge in [0.1, 0.15) is 11.6 Å². The Morgan fingerprint density at radius 3 is 2.61 bits per heavy atom. The van der Waals surface area contributed by atoms with Crippen molar-refractivity contribution in [1.82, 2.24) is 0 Å². The van der Waals surface area contributed by atoms with Crippen LogP contribution in [0.2, 0.25) is 0 Å². The Kier molecular flexibility index (Phi) is 5.80. The molecule has 1 amide bonds. The van der Waals surface area contributed by atoms with E-state index in [2.05, 4.69) is 32.3 Å². The van der Waals surface area contributed by atoms with Crippen LogP contribution < -0.4 is 10.3 Å². The number of aromatic nitrogens is 1. The maximum atomic E-state index is 12.3. The minimum atomic E-state index is -0.330. The molecule has 0 spiro atoms. The van der Waals surface area contributed by atoms with E-state index in [1.54, 1.807) is 0 Å². The van der Waals surface area contributed by atoms with Crippen LogP contribution >= 0.6 is 27.7 Å². The lowest BCUT2D eigenvalue weighted by atomic mass is 10.1. The standard InChI is InChI=1S/C17H16BrN3OS/c1-10-8-11(2)20-17(15(10)9-19)23-12(3)16(22)21-14-6-4-13(18)5-7-14/h4-8,12H,1-3H3,(H,21,22)/p+1. The van der Waals surface area contributed by atoms with Crippen molar-refractivity contribution < 1.29 is 9.78 Å². The first-order valence-corrected chi connectivity index (χ1v) is 8.74. The molecule has 1 aromatic carbocycles. The number of nitrogens with zero attached hydrogens (tertiary/aromatic N) is 1. The molecule has 0 aliphatic heterocycles. The third-order valence-electron chi connectivity index (χ3n) is 3.25. The average Bonchev–Trinajstić information content (AvgIpc) is 2.49. The molecule has 0 aliphatic rings. The lowest BCUT2D eigenvalue weighted by molar-refractivity contribution is -0.435. The number of halogens is 1. The Morgan fingerprint density at radius 1 is 1.35 bits per heavy atom. The molecule has 6 heteroatoms. The van der Waals surface area contributed by atoms with Gasteiger partial charge in [0, 0.05) is 23.2 Å². The van der Waals surface area contributed by atoms with Crippen LogP contribution in [0, 0.1) is 25.2 Å². The quantitative estimate of drug-likeness (QED) is 0.805. The molecule has 2 aromatic rings. The molecule has 4 nitrogen and oxygen atoms in total. The lowest BCUT2D eigenvalue weighted by Crippen LogP contribution is -2.24. The first-order valence-electron chi connectivity index (χ1n) is 7.07. The normalized spacial score (nSPS) is 11.6. The lowest BCUT2D eigenvalue weighted by Gasteiger charge is -2.11. The van der Waals surface area contributed by atoms with Crippen LogP contribution in [0.5, 0.6) is 0 Å². The van der Waals surface area contributed by atoms with Gasteiger partial charge in [0.15, 0.2) is 5.69 Å². The van der Waals surface area contributed by atoms with E-state index in [1.165, 1.54) is 11.8 Å². The fraction of sp³-hybridized carbons (Fsp3) is 0.235. The average molecular weight is 391 g/mol. The molecule has 1 heterocycles. The number of rotatable bonds is 4. The van der Waals surface area contributed by atoms with Gasteiger partial charge in [0.25, 0.3) is 5.03 Å². The number of aryl methyl sites for hydroxylation is 2. The number of thioether (sulfide) groups is 1. The second-order valence-electron chi connectivity index (χ2n) is 5.21. The van der Waals surface area contributed by atoms with Gasteiger partial charge in [-0.3, -0.25) is 4.79 Å². The second kappa shape index (κ2) is 7.62. The zero-order valence-corrected chi connectivity index (χ0v) is 15.5. The molecule has 0 fully saturated rings. The number of nitrogens with one attached hydrogen (secondary N) is 2. The molecular formula is C17H17BrN3OS+. The smallest absolute Gasteiger partial charge is 0.257 e. The zero-order valence-electron chi connectivity index (χ0n) is 13.1. The van der Waals surface area contributed by atoms with Crippen molar-refractivity contribution in [3.8, 4) is 6.07 Å². The van der Waals surface area contributed by atoms with Gasteiger partial charge in [0.2, 0.25) is 5.91 Å². The largest absolute Gasteiger partial charge is 0.325 e. The summed E-state index contributed by atoms with van der Waals surface area (Å²) in [5, 5.41) is 12.6. The summed E-state index contributed by atoms with van der Waals surface area (Å²) in [7, 11) is 0. The molecule has 0 bridgehead atoms. The molecule has 2 N–H and O–H groups in total. The van der Waals surface area contributed by atoms with Crippen LogP contribution in [0.15, 0.2) is 39.8 Å². The Morgan fingerprint density at radius 2 is 2.00 bits per heavy atom. The van der Waals surface area contributed by atoms with Crippen molar-refractivity contribution >= 4 is 39.3 Å². The van der Waals surface area contributed by atoms with Gasteiger partial charge in [-0.05, 0) is 55.4 Å². The van der Waals surface area contributed by atoms with Gasteiger partial charge in [-0.2, -0.15) is 5.26 Å². The Labute approximate surface area is 148 Å². The highest BCUT2D eigenvalue weighted by molar-refractivity contribution is 9.10. The zero-order chi connectivity index (χ0) is 17.0. The molecule has 1 atom stereocenters. The molecule has 1 aromatic heterocycles. The third-order valence-corrected chi connectivity index (χ3v) is 4.89. The van der Waals surface area contributed by atoms with Crippen LogP contribution in [0.3, 0.4) is 0 Å². The monoisotopic (exact) mass is 390 g/mol. The molecule has 2 rings (SSSR count). The number of carbonyl (C=O) groups excluding carboxylic acids is 1. The van der Waals surface area contributed by atoms with Crippen LogP contribution in [-0.4, -0.2) is 11.2 Å². The SMILES string of the molecule is Cc1cc(C)c(C#N)c(SC(C)C(=O)Nc2ccc(Br)cc2)[nH+]1. The topological polar surface area (TPSA) is 67.0 Å². The van der Waals surface area contributed by atoms with Crippen molar-refractivity contribution in [3.63, 3.8) is 0 Å². The van der Waals surface area contributed by atoms with E-state index in [4.69, 9.17) is 0 Å². The summed E-state index contributed by atoms with van der Waals surface area (Å²) in [5.41, 5.74) is 3.20. The highest BCUT2D eigenvalue weighted by atomic mass is 79.9. The highest BCUT2D eigenvalue weighted by Gasteiger charge is 2.22. The molecule has 118 valence electrons. The number of nitriles is 1. The van der Waals surface area contributed by atoms with Gasteiger partial charge in [0.05, 0.1) is 5.25 Å². The minimum absolute atomic E-state index is 0.103. The Balaban J connectivity index is 2.12. The molecular weight excluding hydrogens is 374 g/mol. The van der Waals surface area contributed by atoms with Crippen LogP contribution in [0.1, 0.15) is 23.7 Å². The summed E-state index contributed by atoms with van der Waals surface area (Å²) in [5.74, 6) is -0.103. The van der Waals surface area contributed by atoms with Crippen molar-refractivity contribution in [2.24, 2.45) is 0 Å². The van der Waals surface area contributed by atoms with E-state index in [0.717, 1.165) is 26.4 Å². The van der Waals surface area contributed by atoms with Crippen molar-refractivity contribution in [2.75, 3.05) is 5.32 Å². The summed E-state index contributed by atoms with van der Waals surface area (Å²) in [6.45, 7) is 5.66. The van der Waals surface area contributed by atoms with E-state index >= 15 is 0 Å². The second-order valence-corrected chi connectivity index (χ2v) is 7.47. The van der Waals surface area contributed by atoms with Gasteiger partial charge in [-0.25, -0.2) is 4.98 Å². The summed E-state index contributed by atoms with van der Waals surface area (Å²) >= 11 is 4.72. The number of benzene rings is 1. The molecule has 0 saturated carbocycles. The summed E-state index contributed by atoms with van der Waals surface area (Å²) in [4.78, 5) is 15.5. The van der Waals surface area contributed by atoms with Crippen molar-refractivity contribution in [3.05, 3.63) is 51.6 Å². The van der Waals surface area contributed by atoms with Gasteiger partial charge >= 0.3 is 0 Å². The third kappa shape index (κ3) is 4.57. The van der Waals surface area contributed by atoms with E-state index in [1.807, 2.05) is 51.1 Å². The van der Waals surface area contributed by atoms with Crippen LogP contribution in [0.25, 0.3) is 0 Å². The fourth-order valence-electron chi connectivity index (χ4n) is 2.09. The number of hydrogen-bond acceptors (Lipinski definition) is 3. The Hall–Kier alpha value is -1.84. The molecule has 0 radical (unpaired) electrons. The summed E-state index contributed by atoms with van der Waals surface area (Å²) < 4.78 is 0.960. The number of pyridine rings is 1. The van der Waals surface area contributed by atoms with Crippen LogP contribution in [0.4, 0.5) is 5.69 Å². The molecule has 0 aliphatic carbocycles. The van der Waals surface area contributed by atoms with E-state index in [9.17, 15) is 10.1 Å². The molecule has 0 saturated heterocycles.